The van der Waals surface area contributed by atoms with Crippen molar-refractivity contribution in [3.05, 3.63) is 81.8 Å². The van der Waals surface area contributed by atoms with Gasteiger partial charge in [-0.3, -0.25) is 0 Å². The van der Waals surface area contributed by atoms with E-state index in [1.165, 1.54) is 40.7 Å². The van der Waals surface area contributed by atoms with E-state index in [-0.39, 0.29) is 0 Å². The Morgan fingerprint density at radius 3 is 2.50 bits per heavy atom. The number of hydrogen-bond donors (Lipinski definition) is 1. The van der Waals surface area contributed by atoms with Gasteiger partial charge in [-0.25, -0.2) is 4.98 Å². The standard InChI is InChI=1S/C25H27N5/c1-16-8-11-19(12-9-16)15-23-28-25-27-22-7-5-4-6-21(22)24(30(25)29-23)26-20-13-10-17(2)18(3)14-20/h8-14,26H,4-7,15H2,1-3H3. The monoisotopic (exact) mass is 397 g/mol. The molecular formula is C25H27N5. The van der Waals surface area contributed by atoms with E-state index >= 15 is 0 Å². The van der Waals surface area contributed by atoms with E-state index in [1.54, 1.807) is 0 Å². The molecule has 5 rings (SSSR count). The van der Waals surface area contributed by atoms with Crippen LogP contribution in [0.3, 0.4) is 0 Å². The van der Waals surface area contributed by atoms with Gasteiger partial charge in [0.1, 0.15) is 5.82 Å². The molecule has 0 aliphatic heterocycles. The number of benzene rings is 2. The fraction of sp³-hybridized carbons (Fsp3) is 0.320. The lowest BCUT2D eigenvalue weighted by Crippen LogP contribution is -2.13. The van der Waals surface area contributed by atoms with Crippen molar-refractivity contribution in [3.63, 3.8) is 0 Å². The summed E-state index contributed by atoms with van der Waals surface area (Å²) in [5.41, 5.74) is 8.56. The van der Waals surface area contributed by atoms with Crippen LogP contribution in [0.25, 0.3) is 5.78 Å². The summed E-state index contributed by atoms with van der Waals surface area (Å²) in [4.78, 5) is 9.65. The van der Waals surface area contributed by atoms with E-state index in [0.717, 1.165) is 35.9 Å². The van der Waals surface area contributed by atoms with Gasteiger partial charge >= 0.3 is 0 Å². The Kier molecular flexibility index (Phi) is 4.74. The lowest BCUT2D eigenvalue weighted by Gasteiger charge is -2.20. The Morgan fingerprint density at radius 1 is 0.900 bits per heavy atom. The first-order valence-corrected chi connectivity index (χ1v) is 10.7. The largest absolute Gasteiger partial charge is 0.340 e. The smallest absolute Gasteiger partial charge is 0.254 e. The van der Waals surface area contributed by atoms with Gasteiger partial charge in [0.2, 0.25) is 0 Å². The summed E-state index contributed by atoms with van der Waals surface area (Å²) < 4.78 is 1.91. The normalized spacial score (nSPS) is 13.4. The van der Waals surface area contributed by atoms with Gasteiger partial charge in [0.25, 0.3) is 5.78 Å². The molecule has 0 radical (unpaired) electrons. The fourth-order valence-corrected chi connectivity index (χ4v) is 4.13. The van der Waals surface area contributed by atoms with Crippen molar-refractivity contribution in [2.75, 3.05) is 5.32 Å². The van der Waals surface area contributed by atoms with Crippen molar-refractivity contribution in [1.29, 1.82) is 0 Å². The number of aryl methyl sites for hydroxylation is 4. The maximum absolute atomic E-state index is 4.88. The van der Waals surface area contributed by atoms with Gasteiger partial charge in [-0.15, -0.1) is 5.10 Å². The van der Waals surface area contributed by atoms with Crippen LogP contribution in [0, 0.1) is 20.8 Å². The molecule has 30 heavy (non-hydrogen) atoms. The molecule has 5 heteroatoms. The highest BCUT2D eigenvalue weighted by atomic mass is 15.4. The molecule has 5 nitrogen and oxygen atoms in total. The lowest BCUT2D eigenvalue weighted by atomic mass is 9.96. The molecule has 0 amide bonds. The SMILES string of the molecule is Cc1ccc(Cc2nc3nc4c(c(Nc5ccc(C)c(C)c5)n3n2)CCCC4)cc1. The Hall–Kier alpha value is -3.21. The molecule has 0 bridgehead atoms. The van der Waals surface area contributed by atoms with Crippen LogP contribution in [0.1, 0.15) is 52.2 Å². The Morgan fingerprint density at radius 2 is 1.70 bits per heavy atom. The van der Waals surface area contributed by atoms with Crippen LogP contribution in [-0.2, 0) is 19.3 Å². The van der Waals surface area contributed by atoms with Gasteiger partial charge in [0, 0.05) is 17.7 Å². The van der Waals surface area contributed by atoms with Gasteiger partial charge in [0.15, 0.2) is 5.82 Å². The molecule has 0 spiro atoms. The highest BCUT2D eigenvalue weighted by molar-refractivity contribution is 5.64. The summed E-state index contributed by atoms with van der Waals surface area (Å²) in [6, 6.07) is 15.0. The molecule has 1 N–H and O–H groups in total. The maximum Gasteiger partial charge on any atom is 0.254 e. The minimum atomic E-state index is 0.684. The van der Waals surface area contributed by atoms with E-state index in [4.69, 9.17) is 15.1 Å². The second-order valence-electron chi connectivity index (χ2n) is 8.42. The summed E-state index contributed by atoms with van der Waals surface area (Å²) in [6.07, 6.45) is 5.11. The lowest BCUT2D eigenvalue weighted by molar-refractivity contribution is 0.662. The van der Waals surface area contributed by atoms with Crippen molar-refractivity contribution in [2.24, 2.45) is 0 Å². The molecule has 0 unspecified atom stereocenters. The predicted molar refractivity (Wildman–Crippen MR) is 121 cm³/mol. The first kappa shape index (κ1) is 18.8. The van der Waals surface area contributed by atoms with Crippen molar-refractivity contribution in [2.45, 2.75) is 52.9 Å². The molecular weight excluding hydrogens is 370 g/mol. The van der Waals surface area contributed by atoms with E-state index in [2.05, 4.69) is 68.6 Å². The van der Waals surface area contributed by atoms with Gasteiger partial charge < -0.3 is 5.32 Å². The molecule has 1 aliphatic rings. The zero-order valence-corrected chi connectivity index (χ0v) is 17.9. The van der Waals surface area contributed by atoms with E-state index in [9.17, 15) is 0 Å². The third kappa shape index (κ3) is 3.56. The zero-order valence-electron chi connectivity index (χ0n) is 17.9. The van der Waals surface area contributed by atoms with E-state index in [1.807, 2.05) is 4.52 Å². The second-order valence-corrected chi connectivity index (χ2v) is 8.42. The first-order valence-electron chi connectivity index (χ1n) is 10.7. The number of hydrogen-bond acceptors (Lipinski definition) is 4. The van der Waals surface area contributed by atoms with Gasteiger partial charge in [0.05, 0.1) is 5.69 Å². The van der Waals surface area contributed by atoms with Gasteiger partial charge in [-0.05, 0) is 75.3 Å². The van der Waals surface area contributed by atoms with Crippen LogP contribution < -0.4 is 5.32 Å². The van der Waals surface area contributed by atoms with Crippen molar-refractivity contribution >= 4 is 17.3 Å². The minimum absolute atomic E-state index is 0.684. The topological polar surface area (TPSA) is 55.1 Å². The van der Waals surface area contributed by atoms with E-state index in [0.29, 0.717) is 12.2 Å². The summed E-state index contributed by atoms with van der Waals surface area (Å²) in [6.45, 7) is 6.39. The number of nitrogens with zero attached hydrogens (tertiary/aromatic N) is 4. The Balaban J connectivity index is 1.58. The summed E-state index contributed by atoms with van der Waals surface area (Å²) in [7, 11) is 0. The van der Waals surface area contributed by atoms with Crippen LogP contribution in [0.5, 0.6) is 0 Å². The van der Waals surface area contributed by atoms with Crippen LogP contribution >= 0.6 is 0 Å². The second kappa shape index (κ2) is 7.56. The quantitative estimate of drug-likeness (QED) is 0.510. The number of rotatable bonds is 4. The van der Waals surface area contributed by atoms with Gasteiger partial charge in [-0.2, -0.15) is 9.50 Å². The number of aromatic nitrogens is 4. The minimum Gasteiger partial charge on any atom is -0.340 e. The first-order chi connectivity index (χ1) is 14.6. The maximum atomic E-state index is 4.88. The summed E-state index contributed by atoms with van der Waals surface area (Å²) in [5.74, 6) is 2.50. The number of nitrogens with one attached hydrogen (secondary N) is 1. The molecule has 1 aliphatic carbocycles. The molecule has 0 atom stereocenters. The van der Waals surface area contributed by atoms with E-state index < -0.39 is 0 Å². The van der Waals surface area contributed by atoms with Crippen LogP contribution in [0.2, 0.25) is 0 Å². The van der Waals surface area contributed by atoms with Crippen molar-refractivity contribution in [1.82, 2.24) is 19.6 Å². The molecule has 2 aromatic heterocycles. The highest BCUT2D eigenvalue weighted by Gasteiger charge is 2.21. The molecule has 2 aromatic carbocycles. The Labute approximate surface area is 177 Å². The Bertz CT molecular complexity index is 1220. The average molecular weight is 398 g/mol. The molecule has 0 saturated carbocycles. The summed E-state index contributed by atoms with van der Waals surface area (Å²) in [5, 5.41) is 8.50. The molecule has 0 saturated heterocycles. The number of fused-ring (bicyclic) bond motifs is 2. The summed E-state index contributed by atoms with van der Waals surface area (Å²) >= 11 is 0. The van der Waals surface area contributed by atoms with Crippen molar-refractivity contribution in [3.8, 4) is 0 Å². The third-order valence-electron chi connectivity index (χ3n) is 6.06. The van der Waals surface area contributed by atoms with Crippen LogP contribution in [-0.4, -0.2) is 19.6 Å². The number of anilines is 2. The average Bonchev–Trinajstić information content (AvgIpc) is 3.14. The zero-order chi connectivity index (χ0) is 20.7. The molecule has 4 aromatic rings. The van der Waals surface area contributed by atoms with Crippen LogP contribution in [0.4, 0.5) is 11.5 Å². The molecule has 152 valence electrons. The third-order valence-corrected chi connectivity index (χ3v) is 6.06. The van der Waals surface area contributed by atoms with Gasteiger partial charge in [-0.1, -0.05) is 35.9 Å². The van der Waals surface area contributed by atoms with Crippen molar-refractivity contribution < 1.29 is 0 Å². The predicted octanol–water partition coefficient (Wildman–Crippen LogP) is 5.26. The molecule has 0 fully saturated rings. The molecule has 2 heterocycles. The fourth-order valence-electron chi connectivity index (χ4n) is 4.13. The van der Waals surface area contributed by atoms with Crippen LogP contribution in [0.15, 0.2) is 42.5 Å². The highest BCUT2D eigenvalue weighted by Crippen LogP contribution is 2.30.